The van der Waals surface area contributed by atoms with Gasteiger partial charge in [0.1, 0.15) is 23.6 Å². The summed E-state index contributed by atoms with van der Waals surface area (Å²) in [5, 5.41) is 12.3. The molecule has 0 fully saturated rings. The van der Waals surface area contributed by atoms with Gasteiger partial charge < -0.3 is 14.8 Å². The molecule has 0 saturated carbocycles. The molecular formula is C20H16N4O2. The van der Waals surface area contributed by atoms with E-state index < -0.39 is 0 Å². The van der Waals surface area contributed by atoms with Crippen LogP contribution in [0.25, 0.3) is 0 Å². The number of benzene rings is 2. The second-order valence-corrected chi connectivity index (χ2v) is 5.90. The van der Waals surface area contributed by atoms with E-state index in [1.807, 2.05) is 30.3 Å². The van der Waals surface area contributed by atoms with Crippen LogP contribution in [0.1, 0.15) is 16.7 Å². The maximum absolute atomic E-state index is 9.07. The molecule has 0 bridgehead atoms. The number of anilines is 2. The van der Waals surface area contributed by atoms with Crippen molar-refractivity contribution >= 4 is 11.5 Å². The van der Waals surface area contributed by atoms with Crippen molar-refractivity contribution in [2.24, 2.45) is 0 Å². The average Bonchev–Trinajstić information content (AvgIpc) is 2.87. The van der Waals surface area contributed by atoms with Crippen molar-refractivity contribution in [3.05, 3.63) is 65.5 Å². The maximum Gasteiger partial charge on any atom is 0.227 e. The Morgan fingerprint density at radius 3 is 2.92 bits per heavy atom. The van der Waals surface area contributed by atoms with Gasteiger partial charge in [-0.15, -0.1) is 0 Å². The number of methoxy groups -OCH3 is 1. The Morgan fingerprint density at radius 1 is 1.15 bits per heavy atom. The Hall–Kier alpha value is -3.59. The Balaban J connectivity index is 1.67. The Bertz CT molecular complexity index is 1010. The zero-order valence-electron chi connectivity index (χ0n) is 14.2. The molecule has 0 spiro atoms. The highest BCUT2D eigenvalue weighted by atomic mass is 16.5. The zero-order chi connectivity index (χ0) is 17.9. The molecule has 0 amide bonds. The van der Waals surface area contributed by atoms with E-state index in [0.29, 0.717) is 17.3 Å². The van der Waals surface area contributed by atoms with Crippen molar-refractivity contribution < 1.29 is 9.47 Å². The summed E-state index contributed by atoms with van der Waals surface area (Å²) in [4.78, 5) is 8.67. The average molecular weight is 344 g/mol. The minimum atomic E-state index is 0.544. The summed E-state index contributed by atoms with van der Waals surface area (Å²) in [6.45, 7) is 0. The third-order valence-electron chi connectivity index (χ3n) is 4.28. The second-order valence-electron chi connectivity index (χ2n) is 5.90. The molecule has 0 saturated heterocycles. The predicted octanol–water partition coefficient (Wildman–Crippen LogP) is 3.99. The van der Waals surface area contributed by atoms with Crippen LogP contribution in [0.4, 0.5) is 11.5 Å². The van der Waals surface area contributed by atoms with E-state index in [4.69, 9.17) is 14.7 Å². The fourth-order valence-corrected chi connectivity index (χ4v) is 2.96. The highest BCUT2D eigenvalue weighted by molar-refractivity contribution is 5.63. The summed E-state index contributed by atoms with van der Waals surface area (Å²) in [6, 6.07) is 15.2. The molecule has 0 atom stereocenters. The van der Waals surface area contributed by atoms with Gasteiger partial charge in [-0.25, -0.2) is 9.97 Å². The van der Waals surface area contributed by atoms with Crippen LogP contribution in [0.15, 0.2) is 48.8 Å². The van der Waals surface area contributed by atoms with E-state index in [1.165, 1.54) is 6.33 Å². The first-order valence-electron chi connectivity index (χ1n) is 8.22. The van der Waals surface area contributed by atoms with E-state index in [1.54, 1.807) is 19.2 Å². The second kappa shape index (κ2) is 6.73. The topological polar surface area (TPSA) is 80.1 Å². The lowest BCUT2D eigenvalue weighted by molar-refractivity contribution is 0.411. The van der Waals surface area contributed by atoms with Crippen molar-refractivity contribution in [3.8, 4) is 23.4 Å². The number of nitriles is 1. The first kappa shape index (κ1) is 15.9. The van der Waals surface area contributed by atoms with Crippen LogP contribution in [0.5, 0.6) is 17.4 Å². The molecule has 6 nitrogen and oxygen atoms in total. The monoisotopic (exact) mass is 344 g/mol. The highest BCUT2D eigenvalue weighted by Gasteiger charge is 2.20. The van der Waals surface area contributed by atoms with Gasteiger partial charge in [-0.3, -0.25) is 0 Å². The van der Waals surface area contributed by atoms with E-state index in [9.17, 15) is 0 Å². The minimum absolute atomic E-state index is 0.544. The van der Waals surface area contributed by atoms with Gasteiger partial charge in [0.25, 0.3) is 0 Å². The van der Waals surface area contributed by atoms with Crippen LogP contribution >= 0.6 is 0 Å². The summed E-state index contributed by atoms with van der Waals surface area (Å²) in [5.74, 6) is 2.81. The number of nitrogens with one attached hydrogen (secondary N) is 1. The van der Waals surface area contributed by atoms with Gasteiger partial charge in [-0.05, 0) is 54.8 Å². The quantitative estimate of drug-likeness (QED) is 0.774. The standard InChI is InChI=1S/C20H16N4O2/c1-25-16-6-8-18-14(10-16)5-7-17-19(22-12-23-20(17)26-18)24-15-4-2-3-13(9-15)11-21/h2-4,6,8-10,12H,5,7H2,1H3,(H,22,23,24). The van der Waals surface area contributed by atoms with Gasteiger partial charge in [0.2, 0.25) is 5.88 Å². The van der Waals surface area contributed by atoms with Crippen LogP contribution in [-0.4, -0.2) is 17.1 Å². The Morgan fingerprint density at radius 2 is 2.08 bits per heavy atom. The first-order chi connectivity index (χ1) is 12.8. The lowest BCUT2D eigenvalue weighted by Crippen LogP contribution is -2.02. The van der Waals surface area contributed by atoms with Crippen LogP contribution in [0.2, 0.25) is 0 Å². The van der Waals surface area contributed by atoms with E-state index >= 15 is 0 Å². The maximum atomic E-state index is 9.07. The fourth-order valence-electron chi connectivity index (χ4n) is 2.96. The zero-order valence-corrected chi connectivity index (χ0v) is 14.2. The van der Waals surface area contributed by atoms with Crippen molar-refractivity contribution in [1.29, 1.82) is 5.26 Å². The largest absolute Gasteiger partial charge is 0.497 e. The molecule has 1 aromatic heterocycles. The van der Waals surface area contributed by atoms with Crippen molar-refractivity contribution in [2.45, 2.75) is 12.8 Å². The molecule has 4 rings (SSSR count). The van der Waals surface area contributed by atoms with E-state index in [2.05, 4.69) is 21.4 Å². The normalized spacial score (nSPS) is 12.0. The lowest BCUT2D eigenvalue weighted by atomic mass is 10.1. The molecule has 1 aliphatic heterocycles. The van der Waals surface area contributed by atoms with E-state index in [0.717, 1.165) is 41.2 Å². The number of aromatic nitrogens is 2. The van der Waals surface area contributed by atoms with Crippen LogP contribution in [0, 0.1) is 11.3 Å². The third kappa shape index (κ3) is 3.03. The summed E-state index contributed by atoms with van der Waals surface area (Å²) in [7, 11) is 1.65. The molecule has 3 aromatic rings. The molecule has 0 radical (unpaired) electrons. The SMILES string of the molecule is COc1ccc2c(c1)CCc1c(Nc3cccc(C#N)c3)ncnc1O2. The number of hydrogen-bond donors (Lipinski definition) is 1. The predicted molar refractivity (Wildman–Crippen MR) is 96.9 cm³/mol. The molecular weight excluding hydrogens is 328 g/mol. The molecule has 1 aliphatic rings. The lowest BCUT2D eigenvalue weighted by Gasteiger charge is -2.12. The number of nitrogens with zero attached hydrogens (tertiary/aromatic N) is 3. The first-order valence-corrected chi connectivity index (χ1v) is 8.22. The summed E-state index contributed by atoms with van der Waals surface area (Å²) in [5.41, 5.74) is 3.36. The van der Waals surface area contributed by atoms with Crippen LogP contribution in [0.3, 0.4) is 0 Å². The van der Waals surface area contributed by atoms with Gasteiger partial charge in [0.15, 0.2) is 0 Å². The van der Waals surface area contributed by atoms with Crippen LogP contribution in [-0.2, 0) is 12.8 Å². The van der Waals surface area contributed by atoms with Crippen molar-refractivity contribution in [3.63, 3.8) is 0 Å². The number of rotatable bonds is 3. The molecule has 1 N–H and O–H groups in total. The molecule has 0 unspecified atom stereocenters. The number of ether oxygens (including phenoxy) is 2. The molecule has 128 valence electrons. The van der Waals surface area contributed by atoms with Gasteiger partial charge >= 0.3 is 0 Å². The third-order valence-corrected chi connectivity index (χ3v) is 4.28. The summed E-state index contributed by atoms with van der Waals surface area (Å²) < 4.78 is 11.3. The van der Waals surface area contributed by atoms with Crippen LogP contribution < -0.4 is 14.8 Å². The van der Waals surface area contributed by atoms with Gasteiger partial charge in [-0.2, -0.15) is 5.26 Å². The smallest absolute Gasteiger partial charge is 0.227 e. The molecule has 6 heteroatoms. The highest BCUT2D eigenvalue weighted by Crippen LogP contribution is 2.36. The Kier molecular flexibility index (Phi) is 4.12. The number of aryl methyl sites for hydroxylation is 1. The summed E-state index contributed by atoms with van der Waals surface area (Å²) >= 11 is 0. The van der Waals surface area contributed by atoms with E-state index in [-0.39, 0.29) is 0 Å². The number of hydrogen-bond acceptors (Lipinski definition) is 6. The van der Waals surface area contributed by atoms with Crippen molar-refractivity contribution in [2.75, 3.05) is 12.4 Å². The Labute approximate surface area is 151 Å². The molecule has 0 aliphatic carbocycles. The number of fused-ring (bicyclic) bond motifs is 2. The summed E-state index contributed by atoms with van der Waals surface area (Å²) in [6.07, 6.45) is 3.00. The fraction of sp³-hybridized carbons (Fsp3) is 0.150. The molecule has 2 heterocycles. The van der Waals surface area contributed by atoms with Gasteiger partial charge in [0.05, 0.1) is 24.3 Å². The van der Waals surface area contributed by atoms with Crippen molar-refractivity contribution in [1.82, 2.24) is 9.97 Å². The van der Waals surface area contributed by atoms with Gasteiger partial charge in [0, 0.05) is 5.69 Å². The molecule has 26 heavy (non-hydrogen) atoms. The molecule has 2 aromatic carbocycles. The minimum Gasteiger partial charge on any atom is -0.497 e. The van der Waals surface area contributed by atoms with Gasteiger partial charge in [-0.1, -0.05) is 6.07 Å².